The Kier molecular flexibility index (Phi) is 6.11. The minimum atomic E-state index is -0.616. The van der Waals surface area contributed by atoms with E-state index < -0.39 is 6.10 Å². The fraction of sp³-hybridized carbons (Fsp3) is 0.538. The van der Waals surface area contributed by atoms with E-state index in [2.05, 4.69) is 5.32 Å². The molecule has 1 unspecified atom stereocenters. The zero-order valence-corrected chi connectivity index (χ0v) is 10.3. The highest BCUT2D eigenvalue weighted by atomic mass is 19.1. The van der Waals surface area contributed by atoms with Gasteiger partial charge in [0.15, 0.2) is 0 Å². The molecule has 1 atom stereocenters. The average Bonchev–Trinajstić information content (AvgIpc) is 2.29. The number of aliphatic hydroxyl groups is 1. The molecule has 3 nitrogen and oxygen atoms in total. The zero-order chi connectivity index (χ0) is 12.7. The molecule has 96 valence electrons. The van der Waals surface area contributed by atoms with Gasteiger partial charge in [-0.05, 0) is 31.5 Å². The van der Waals surface area contributed by atoms with Crippen LogP contribution in [0.2, 0.25) is 0 Å². The molecule has 1 aromatic carbocycles. The molecule has 4 heteroatoms. The maximum absolute atomic E-state index is 12.7. The van der Waals surface area contributed by atoms with Gasteiger partial charge in [0.2, 0.25) is 0 Å². The normalized spacial score (nSPS) is 13.0. The Morgan fingerprint density at radius 2 is 1.94 bits per heavy atom. The van der Waals surface area contributed by atoms with E-state index in [4.69, 9.17) is 4.74 Å². The molecule has 0 bridgehead atoms. The second kappa shape index (κ2) is 7.37. The smallest absolute Gasteiger partial charge is 0.123 e. The van der Waals surface area contributed by atoms with Crippen LogP contribution in [0.1, 0.15) is 25.5 Å². The summed E-state index contributed by atoms with van der Waals surface area (Å²) in [4.78, 5) is 0. The number of nitrogens with one attached hydrogen (secondary N) is 1. The quantitative estimate of drug-likeness (QED) is 0.716. The van der Waals surface area contributed by atoms with E-state index in [1.807, 2.05) is 13.8 Å². The zero-order valence-electron chi connectivity index (χ0n) is 10.3. The highest BCUT2D eigenvalue weighted by Crippen LogP contribution is 2.12. The fourth-order valence-electron chi connectivity index (χ4n) is 1.41. The third-order valence-corrected chi connectivity index (χ3v) is 2.32. The largest absolute Gasteiger partial charge is 0.387 e. The summed E-state index contributed by atoms with van der Waals surface area (Å²) in [6.07, 6.45) is -0.395. The Bertz CT molecular complexity index is 314. The SMILES string of the molecule is CC(C)OCCNCC(O)c1ccc(F)cc1. The molecule has 2 N–H and O–H groups in total. The Balaban J connectivity index is 2.21. The van der Waals surface area contributed by atoms with E-state index in [1.54, 1.807) is 12.1 Å². The number of halogens is 1. The van der Waals surface area contributed by atoms with Gasteiger partial charge in [-0.1, -0.05) is 12.1 Å². The minimum Gasteiger partial charge on any atom is -0.387 e. The summed E-state index contributed by atoms with van der Waals surface area (Å²) in [6.45, 7) is 5.71. The second-order valence-electron chi connectivity index (χ2n) is 4.19. The lowest BCUT2D eigenvalue weighted by Gasteiger charge is -2.13. The van der Waals surface area contributed by atoms with Gasteiger partial charge in [0.05, 0.1) is 18.8 Å². The molecule has 0 aliphatic rings. The molecule has 0 aliphatic heterocycles. The van der Waals surface area contributed by atoms with E-state index in [1.165, 1.54) is 12.1 Å². The van der Waals surface area contributed by atoms with Gasteiger partial charge in [-0.15, -0.1) is 0 Å². The van der Waals surface area contributed by atoms with Crippen LogP contribution in [0.25, 0.3) is 0 Å². The summed E-state index contributed by atoms with van der Waals surface area (Å²) >= 11 is 0. The lowest BCUT2D eigenvalue weighted by atomic mass is 10.1. The van der Waals surface area contributed by atoms with Gasteiger partial charge in [0.1, 0.15) is 5.82 Å². The molecule has 0 fully saturated rings. The first-order valence-corrected chi connectivity index (χ1v) is 5.85. The minimum absolute atomic E-state index is 0.221. The summed E-state index contributed by atoms with van der Waals surface area (Å²) in [6, 6.07) is 5.87. The van der Waals surface area contributed by atoms with Crippen molar-refractivity contribution < 1.29 is 14.2 Å². The molecular weight excluding hydrogens is 221 g/mol. The van der Waals surface area contributed by atoms with Gasteiger partial charge in [-0.3, -0.25) is 0 Å². The Morgan fingerprint density at radius 1 is 1.29 bits per heavy atom. The molecule has 17 heavy (non-hydrogen) atoms. The summed E-state index contributed by atoms with van der Waals surface area (Å²) in [5, 5.41) is 12.9. The van der Waals surface area contributed by atoms with E-state index in [-0.39, 0.29) is 11.9 Å². The van der Waals surface area contributed by atoms with E-state index in [9.17, 15) is 9.50 Å². The summed E-state index contributed by atoms with van der Waals surface area (Å²) < 4.78 is 18.0. The van der Waals surface area contributed by atoms with Gasteiger partial charge >= 0.3 is 0 Å². The highest BCUT2D eigenvalue weighted by Gasteiger charge is 2.06. The van der Waals surface area contributed by atoms with Crippen molar-refractivity contribution in [3.8, 4) is 0 Å². The maximum atomic E-state index is 12.7. The van der Waals surface area contributed by atoms with Crippen molar-refractivity contribution in [1.29, 1.82) is 0 Å². The van der Waals surface area contributed by atoms with Gasteiger partial charge in [-0.2, -0.15) is 0 Å². The van der Waals surface area contributed by atoms with Crippen LogP contribution in [-0.2, 0) is 4.74 Å². The average molecular weight is 241 g/mol. The molecule has 0 heterocycles. The van der Waals surface area contributed by atoms with Crippen LogP contribution in [0.4, 0.5) is 4.39 Å². The first-order chi connectivity index (χ1) is 8.09. The first kappa shape index (κ1) is 14.1. The van der Waals surface area contributed by atoms with Gasteiger partial charge < -0.3 is 15.2 Å². The molecule has 0 aromatic heterocycles. The summed E-state index contributed by atoms with van der Waals surface area (Å²) in [7, 11) is 0. The van der Waals surface area contributed by atoms with Crippen molar-refractivity contribution in [3.05, 3.63) is 35.6 Å². The molecule has 0 saturated heterocycles. The van der Waals surface area contributed by atoms with Gasteiger partial charge in [0.25, 0.3) is 0 Å². The molecule has 0 radical (unpaired) electrons. The van der Waals surface area contributed by atoms with Crippen LogP contribution >= 0.6 is 0 Å². The van der Waals surface area contributed by atoms with Crippen LogP contribution in [0, 0.1) is 5.82 Å². The fourth-order valence-corrected chi connectivity index (χ4v) is 1.41. The van der Waals surface area contributed by atoms with Crippen molar-refractivity contribution in [3.63, 3.8) is 0 Å². The van der Waals surface area contributed by atoms with Crippen molar-refractivity contribution in [2.75, 3.05) is 19.7 Å². The summed E-state index contributed by atoms with van der Waals surface area (Å²) in [5.74, 6) is -0.292. The predicted molar refractivity (Wildman–Crippen MR) is 65.3 cm³/mol. The first-order valence-electron chi connectivity index (χ1n) is 5.85. The van der Waals surface area contributed by atoms with E-state index in [0.717, 1.165) is 0 Å². The number of hydrogen-bond donors (Lipinski definition) is 2. The molecule has 0 amide bonds. The lowest BCUT2D eigenvalue weighted by Crippen LogP contribution is -2.26. The number of benzene rings is 1. The van der Waals surface area contributed by atoms with Crippen molar-refractivity contribution in [2.45, 2.75) is 26.1 Å². The molecular formula is C13H20FNO2. The number of ether oxygens (including phenoxy) is 1. The number of aliphatic hydroxyl groups excluding tert-OH is 1. The monoisotopic (exact) mass is 241 g/mol. The van der Waals surface area contributed by atoms with Crippen LogP contribution in [0.3, 0.4) is 0 Å². The molecule has 0 saturated carbocycles. The topological polar surface area (TPSA) is 41.5 Å². The second-order valence-corrected chi connectivity index (χ2v) is 4.19. The predicted octanol–water partition coefficient (Wildman–Crippen LogP) is 1.87. The molecule has 0 spiro atoms. The van der Waals surface area contributed by atoms with Crippen molar-refractivity contribution >= 4 is 0 Å². The Morgan fingerprint density at radius 3 is 2.53 bits per heavy atom. The van der Waals surface area contributed by atoms with Crippen molar-refractivity contribution in [2.24, 2.45) is 0 Å². The molecule has 1 aromatic rings. The third kappa shape index (κ3) is 5.77. The van der Waals surface area contributed by atoms with E-state index in [0.29, 0.717) is 25.3 Å². The van der Waals surface area contributed by atoms with Gasteiger partial charge in [0, 0.05) is 13.1 Å². The van der Waals surface area contributed by atoms with E-state index >= 15 is 0 Å². The Hall–Kier alpha value is -0.970. The lowest BCUT2D eigenvalue weighted by molar-refractivity contribution is 0.0781. The molecule has 1 rings (SSSR count). The number of hydrogen-bond acceptors (Lipinski definition) is 3. The third-order valence-electron chi connectivity index (χ3n) is 2.32. The van der Waals surface area contributed by atoms with Crippen molar-refractivity contribution in [1.82, 2.24) is 5.32 Å². The van der Waals surface area contributed by atoms with Crippen LogP contribution in [-0.4, -0.2) is 30.9 Å². The highest BCUT2D eigenvalue weighted by molar-refractivity contribution is 5.18. The van der Waals surface area contributed by atoms with Crippen LogP contribution < -0.4 is 5.32 Å². The number of rotatable bonds is 7. The maximum Gasteiger partial charge on any atom is 0.123 e. The van der Waals surface area contributed by atoms with Crippen LogP contribution in [0.15, 0.2) is 24.3 Å². The Labute approximate surface area is 102 Å². The molecule has 0 aliphatic carbocycles. The standard InChI is InChI=1S/C13H20FNO2/c1-10(2)17-8-7-15-9-13(16)11-3-5-12(14)6-4-11/h3-6,10,13,15-16H,7-9H2,1-2H3. The van der Waals surface area contributed by atoms with Crippen LogP contribution in [0.5, 0.6) is 0 Å². The summed E-state index contributed by atoms with van der Waals surface area (Å²) in [5.41, 5.74) is 0.712. The van der Waals surface area contributed by atoms with Gasteiger partial charge in [-0.25, -0.2) is 4.39 Å².